The van der Waals surface area contributed by atoms with Crippen LogP contribution >= 0.6 is 11.6 Å². The van der Waals surface area contributed by atoms with Crippen LogP contribution < -0.4 is 10.2 Å². The molecule has 2 heterocycles. The number of piperazine rings is 1. The molecule has 1 saturated heterocycles. The lowest BCUT2D eigenvalue weighted by Crippen LogP contribution is -2.48. The first-order chi connectivity index (χ1) is 12.0. The van der Waals surface area contributed by atoms with Crippen LogP contribution in [-0.2, 0) is 4.79 Å². The summed E-state index contributed by atoms with van der Waals surface area (Å²) in [5.74, 6) is 0.423. The Morgan fingerprint density at radius 3 is 2.56 bits per heavy atom. The van der Waals surface area contributed by atoms with Gasteiger partial charge >= 0.3 is 0 Å². The Kier molecular flexibility index (Phi) is 5.14. The first-order valence-electron chi connectivity index (χ1n) is 7.92. The Labute approximate surface area is 150 Å². The zero-order valence-corrected chi connectivity index (χ0v) is 14.5. The number of nitrogens with one attached hydrogen (secondary N) is 1. The molecular weight excluding hydrogens is 342 g/mol. The monoisotopic (exact) mass is 359 g/mol. The van der Waals surface area contributed by atoms with Gasteiger partial charge in [-0.25, -0.2) is 9.97 Å². The Balaban J connectivity index is 1.69. The number of amides is 2. The van der Waals surface area contributed by atoms with Gasteiger partial charge in [0.05, 0.1) is 0 Å². The van der Waals surface area contributed by atoms with E-state index in [0.29, 0.717) is 42.7 Å². The summed E-state index contributed by atoms with van der Waals surface area (Å²) in [7, 11) is 0. The Hall–Kier alpha value is -2.67. The number of carbonyl (C=O) groups excluding carboxylic acids is 2. The van der Waals surface area contributed by atoms with Gasteiger partial charge in [0.15, 0.2) is 0 Å². The van der Waals surface area contributed by atoms with Gasteiger partial charge in [0.2, 0.25) is 5.91 Å². The van der Waals surface area contributed by atoms with E-state index in [0.717, 1.165) is 0 Å². The van der Waals surface area contributed by atoms with Gasteiger partial charge < -0.3 is 15.1 Å². The number of nitrogens with zero attached hydrogens (tertiary/aromatic N) is 4. The van der Waals surface area contributed by atoms with Gasteiger partial charge in [0.1, 0.15) is 17.8 Å². The number of rotatable bonds is 3. The maximum Gasteiger partial charge on any atom is 0.274 e. The Morgan fingerprint density at radius 2 is 1.88 bits per heavy atom. The van der Waals surface area contributed by atoms with Gasteiger partial charge in [-0.15, -0.1) is 0 Å². The predicted octanol–water partition coefficient (Wildman–Crippen LogP) is 2.05. The number of aromatic nitrogens is 2. The average Bonchev–Trinajstić information content (AvgIpc) is 2.62. The van der Waals surface area contributed by atoms with Crippen LogP contribution in [0.5, 0.6) is 0 Å². The zero-order chi connectivity index (χ0) is 17.8. The van der Waals surface area contributed by atoms with Crippen molar-refractivity contribution in [3.8, 4) is 0 Å². The van der Waals surface area contributed by atoms with Crippen LogP contribution in [0.15, 0.2) is 36.7 Å². The maximum absolute atomic E-state index is 12.4. The van der Waals surface area contributed by atoms with Crippen molar-refractivity contribution in [3.05, 3.63) is 47.4 Å². The largest absolute Gasteiger partial charge is 0.353 e. The van der Waals surface area contributed by atoms with Crippen molar-refractivity contribution in [2.45, 2.75) is 6.92 Å². The van der Waals surface area contributed by atoms with E-state index in [1.165, 1.54) is 6.33 Å². The van der Waals surface area contributed by atoms with Gasteiger partial charge in [-0.3, -0.25) is 9.59 Å². The highest BCUT2D eigenvalue weighted by Gasteiger charge is 2.20. The molecule has 0 atom stereocenters. The van der Waals surface area contributed by atoms with Crippen LogP contribution in [-0.4, -0.2) is 52.9 Å². The van der Waals surface area contributed by atoms with E-state index in [4.69, 9.17) is 11.6 Å². The zero-order valence-electron chi connectivity index (χ0n) is 13.8. The number of hydrogen-bond acceptors (Lipinski definition) is 5. The lowest BCUT2D eigenvalue weighted by molar-refractivity contribution is -0.129. The molecule has 1 fully saturated rings. The molecule has 1 aliphatic heterocycles. The van der Waals surface area contributed by atoms with E-state index in [-0.39, 0.29) is 17.5 Å². The lowest BCUT2D eigenvalue weighted by atomic mass is 10.2. The molecule has 7 nitrogen and oxygen atoms in total. The molecule has 0 aliphatic carbocycles. The fourth-order valence-electron chi connectivity index (χ4n) is 2.66. The van der Waals surface area contributed by atoms with E-state index < -0.39 is 0 Å². The fraction of sp³-hybridized carbons (Fsp3) is 0.294. The van der Waals surface area contributed by atoms with Crippen molar-refractivity contribution in [2.75, 3.05) is 36.4 Å². The SMILES string of the molecule is CC(=O)N1CCN(c2cc(C(=O)Nc3cccc(Cl)c3)ncn2)CC1. The fourth-order valence-corrected chi connectivity index (χ4v) is 2.85. The standard InChI is InChI=1S/C17H18ClN5O2/c1-12(24)22-5-7-23(8-6-22)16-10-15(19-11-20-16)17(25)21-14-4-2-3-13(18)9-14/h2-4,9-11H,5-8H2,1H3,(H,21,25). The van der Waals surface area contributed by atoms with Crippen LogP contribution in [0.2, 0.25) is 5.02 Å². The second-order valence-corrected chi connectivity index (χ2v) is 6.16. The molecule has 1 aromatic carbocycles. The molecule has 0 spiro atoms. The number of hydrogen-bond donors (Lipinski definition) is 1. The van der Waals surface area contributed by atoms with E-state index in [1.807, 2.05) is 4.90 Å². The van der Waals surface area contributed by atoms with Gasteiger partial charge in [-0.2, -0.15) is 0 Å². The number of carbonyl (C=O) groups is 2. The highest BCUT2D eigenvalue weighted by molar-refractivity contribution is 6.30. The number of benzene rings is 1. The summed E-state index contributed by atoms with van der Waals surface area (Å²) < 4.78 is 0. The summed E-state index contributed by atoms with van der Waals surface area (Å²) >= 11 is 5.92. The summed E-state index contributed by atoms with van der Waals surface area (Å²) in [6.07, 6.45) is 1.37. The highest BCUT2D eigenvalue weighted by Crippen LogP contribution is 2.17. The molecule has 3 rings (SSSR count). The molecule has 2 aromatic rings. The van der Waals surface area contributed by atoms with Gasteiger partial charge in [-0.05, 0) is 18.2 Å². The molecule has 0 bridgehead atoms. The molecule has 130 valence electrons. The molecule has 0 unspecified atom stereocenters. The van der Waals surface area contributed by atoms with Gasteiger partial charge in [0.25, 0.3) is 5.91 Å². The molecule has 1 aliphatic rings. The van der Waals surface area contributed by atoms with Crippen molar-refractivity contribution in [1.82, 2.24) is 14.9 Å². The lowest BCUT2D eigenvalue weighted by Gasteiger charge is -2.34. The third-order valence-electron chi connectivity index (χ3n) is 4.02. The second kappa shape index (κ2) is 7.48. The van der Waals surface area contributed by atoms with Crippen LogP contribution in [0.4, 0.5) is 11.5 Å². The molecule has 2 amide bonds. The van der Waals surface area contributed by atoms with Crippen molar-refractivity contribution in [1.29, 1.82) is 0 Å². The van der Waals surface area contributed by atoms with Crippen molar-refractivity contribution in [2.24, 2.45) is 0 Å². The van der Waals surface area contributed by atoms with E-state index in [9.17, 15) is 9.59 Å². The normalized spacial score (nSPS) is 14.3. The van der Waals surface area contributed by atoms with Gasteiger partial charge in [-0.1, -0.05) is 17.7 Å². The minimum Gasteiger partial charge on any atom is -0.353 e. The Bertz CT molecular complexity index is 790. The minimum atomic E-state index is -0.326. The van der Waals surface area contributed by atoms with Crippen molar-refractivity contribution in [3.63, 3.8) is 0 Å². The van der Waals surface area contributed by atoms with E-state index in [2.05, 4.69) is 15.3 Å². The molecular formula is C17H18ClN5O2. The quantitative estimate of drug-likeness (QED) is 0.907. The summed E-state index contributed by atoms with van der Waals surface area (Å²) in [6.45, 7) is 4.20. The predicted molar refractivity (Wildman–Crippen MR) is 95.9 cm³/mol. The highest BCUT2D eigenvalue weighted by atomic mass is 35.5. The number of halogens is 1. The smallest absolute Gasteiger partial charge is 0.274 e. The molecule has 1 aromatic heterocycles. The molecule has 1 N–H and O–H groups in total. The molecule has 0 saturated carbocycles. The van der Waals surface area contributed by atoms with Crippen LogP contribution in [0.25, 0.3) is 0 Å². The van der Waals surface area contributed by atoms with Crippen LogP contribution in [0.3, 0.4) is 0 Å². The van der Waals surface area contributed by atoms with Gasteiger partial charge in [0, 0.05) is 49.9 Å². The van der Waals surface area contributed by atoms with E-state index in [1.54, 1.807) is 42.2 Å². The minimum absolute atomic E-state index is 0.0731. The summed E-state index contributed by atoms with van der Waals surface area (Å²) in [6, 6.07) is 8.58. The topological polar surface area (TPSA) is 78.4 Å². The second-order valence-electron chi connectivity index (χ2n) is 5.72. The molecule has 25 heavy (non-hydrogen) atoms. The maximum atomic E-state index is 12.4. The Morgan fingerprint density at radius 1 is 1.12 bits per heavy atom. The number of anilines is 2. The first kappa shape index (κ1) is 17.2. The van der Waals surface area contributed by atoms with E-state index >= 15 is 0 Å². The van der Waals surface area contributed by atoms with Crippen molar-refractivity contribution < 1.29 is 9.59 Å². The molecule has 0 radical (unpaired) electrons. The summed E-state index contributed by atoms with van der Waals surface area (Å²) in [5, 5.41) is 3.31. The average molecular weight is 360 g/mol. The summed E-state index contributed by atoms with van der Waals surface area (Å²) in [5.41, 5.74) is 0.881. The third-order valence-corrected chi connectivity index (χ3v) is 4.25. The van der Waals surface area contributed by atoms with Crippen LogP contribution in [0, 0.1) is 0 Å². The molecule has 8 heteroatoms. The first-order valence-corrected chi connectivity index (χ1v) is 8.30. The van der Waals surface area contributed by atoms with Crippen LogP contribution in [0.1, 0.15) is 17.4 Å². The third kappa shape index (κ3) is 4.24. The van der Waals surface area contributed by atoms with Crippen molar-refractivity contribution >= 4 is 34.9 Å². The summed E-state index contributed by atoms with van der Waals surface area (Å²) in [4.78, 5) is 35.9.